The number of nitrogens with one attached hydrogen (secondary N) is 1. The standard InChI is InChI=1S/C12H24N2O2/c1-10-4-3-6-12(8-10,9-13)14-11(15)5-7-16-2/h10H,3-9,13H2,1-2H3,(H,14,15). The van der Waals surface area contributed by atoms with Gasteiger partial charge in [0, 0.05) is 20.1 Å². The smallest absolute Gasteiger partial charge is 0.222 e. The summed E-state index contributed by atoms with van der Waals surface area (Å²) in [5.41, 5.74) is 5.67. The summed E-state index contributed by atoms with van der Waals surface area (Å²) in [6, 6.07) is 0. The summed E-state index contributed by atoms with van der Waals surface area (Å²) in [4.78, 5) is 11.7. The van der Waals surface area contributed by atoms with Crippen LogP contribution in [0.2, 0.25) is 0 Å². The third kappa shape index (κ3) is 3.76. The predicted molar refractivity (Wildman–Crippen MR) is 64.1 cm³/mol. The van der Waals surface area contributed by atoms with E-state index in [-0.39, 0.29) is 11.4 Å². The van der Waals surface area contributed by atoms with Gasteiger partial charge in [-0.25, -0.2) is 0 Å². The number of carbonyl (C=O) groups is 1. The molecule has 0 aromatic carbocycles. The Kier molecular flexibility index (Phi) is 5.22. The topological polar surface area (TPSA) is 64.3 Å². The van der Waals surface area contributed by atoms with Gasteiger partial charge in [-0.2, -0.15) is 0 Å². The molecule has 1 rings (SSSR count). The molecule has 0 aromatic heterocycles. The molecule has 0 spiro atoms. The molecule has 0 heterocycles. The Hall–Kier alpha value is -0.610. The highest BCUT2D eigenvalue weighted by Crippen LogP contribution is 2.31. The number of amides is 1. The van der Waals surface area contributed by atoms with Gasteiger partial charge in [0.1, 0.15) is 0 Å². The predicted octanol–water partition coefficient (Wildman–Crippen LogP) is 1.05. The van der Waals surface area contributed by atoms with Crippen molar-refractivity contribution in [2.24, 2.45) is 11.7 Å². The molecule has 0 aliphatic heterocycles. The minimum Gasteiger partial charge on any atom is -0.384 e. The number of carbonyl (C=O) groups excluding carboxylic acids is 1. The van der Waals surface area contributed by atoms with Crippen molar-refractivity contribution in [1.82, 2.24) is 5.32 Å². The van der Waals surface area contributed by atoms with Gasteiger partial charge in [-0.3, -0.25) is 4.79 Å². The van der Waals surface area contributed by atoms with Gasteiger partial charge in [-0.1, -0.05) is 19.8 Å². The number of rotatable bonds is 5. The van der Waals surface area contributed by atoms with Crippen molar-refractivity contribution in [3.8, 4) is 0 Å². The van der Waals surface area contributed by atoms with E-state index in [4.69, 9.17) is 10.5 Å². The van der Waals surface area contributed by atoms with E-state index >= 15 is 0 Å². The second kappa shape index (κ2) is 6.21. The molecule has 4 heteroatoms. The van der Waals surface area contributed by atoms with Crippen LogP contribution in [0.15, 0.2) is 0 Å². The Morgan fingerprint density at radius 3 is 2.94 bits per heavy atom. The summed E-state index contributed by atoms with van der Waals surface area (Å²) in [6.07, 6.45) is 4.83. The average Bonchev–Trinajstić information content (AvgIpc) is 2.26. The molecule has 0 bridgehead atoms. The lowest BCUT2D eigenvalue weighted by molar-refractivity contribution is -0.124. The first kappa shape index (κ1) is 13.5. The highest BCUT2D eigenvalue weighted by atomic mass is 16.5. The molecule has 2 unspecified atom stereocenters. The van der Waals surface area contributed by atoms with Gasteiger partial charge in [0.05, 0.1) is 12.1 Å². The van der Waals surface area contributed by atoms with Gasteiger partial charge in [0.2, 0.25) is 5.91 Å². The zero-order valence-electron chi connectivity index (χ0n) is 10.4. The molecule has 16 heavy (non-hydrogen) atoms. The Morgan fingerprint density at radius 1 is 1.62 bits per heavy atom. The van der Waals surface area contributed by atoms with E-state index in [9.17, 15) is 4.79 Å². The molecule has 1 saturated carbocycles. The van der Waals surface area contributed by atoms with Crippen LogP contribution >= 0.6 is 0 Å². The number of ether oxygens (including phenoxy) is 1. The van der Waals surface area contributed by atoms with Crippen molar-refractivity contribution < 1.29 is 9.53 Å². The molecule has 1 aliphatic carbocycles. The fraction of sp³-hybridized carbons (Fsp3) is 0.917. The molecular weight excluding hydrogens is 204 g/mol. The first-order chi connectivity index (χ1) is 7.62. The Balaban J connectivity index is 2.49. The van der Waals surface area contributed by atoms with Crippen molar-refractivity contribution in [2.45, 2.75) is 44.6 Å². The van der Waals surface area contributed by atoms with Crippen molar-refractivity contribution >= 4 is 5.91 Å². The monoisotopic (exact) mass is 228 g/mol. The Morgan fingerprint density at radius 2 is 2.38 bits per heavy atom. The van der Waals surface area contributed by atoms with E-state index in [1.54, 1.807) is 7.11 Å². The van der Waals surface area contributed by atoms with Crippen molar-refractivity contribution in [1.29, 1.82) is 0 Å². The minimum atomic E-state index is -0.164. The van der Waals surface area contributed by atoms with E-state index in [1.807, 2.05) is 0 Å². The molecule has 0 radical (unpaired) electrons. The maximum atomic E-state index is 11.7. The number of methoxy groups -OCH3 is 1. The molecular formula is C12H24N2O2. The summed E-state index contributed by atoms with van der Waals surface area (Å²) in [5.74, 6) is 0.710. The molecule has 0 saturated heterocycles. The highest BCUT2D eigenvalue weighted by molar-refractivity contribution is 5.77. The molecule has 94 valence electrons. The van der Waals surface area contributed by atoms with Gasteiger partial charge in [0.15, 0.2) is 0 Å². The molecule has 4 nitrogen and oxygen atoms in total. The quantitative estimate of drug-likeness (QED) is 0.739. The van der Waals surface area contributed by atoms with E-state index in [0.29, 0.717) is 25.5 Å². The van der Waals surface area contributed by atoms with Crippen LogP contribution in [0.5, 0.6) is 0 Å². The van der Waals surface area contributed by atoms with Crippen LogP contribution < -0.4 is 11.1 Å². The lowest BCUT2D eigenvalue weighted by atomic mass is 9.76. The first-order valence-electron chi connectivity index (χ1n) is 6.12. The van der Waals surface area contributed by atoms with Crippen LogP contribution in [0, 0.1) is 5.92 Å². The van der Waals surface area contributed by atoms with Crippen LogP contribution in [-0.2, 0) is 9.53 Å². The van der Waals surface area contributed by atoms with Gasteiger partial charge < -0.3 is 15.8 Å². The van der Waals surface area contributed by atoms with Crippen LogP contribution in [0.1, 0.15) is 39.0 Å². The van der Waals surface area contributed by atoms with Crippen LogP contribution in [0.25, 0.3) is 0 Å². The zero-order valence-corrected chi connectivity index (χ0v) is 10.4. The SMILES string of the molecule is COCCC(=O)NC1(CN)CCCC(C)C1. The fourth-order valence-electron chi connectivity index (χ4n) is 2.56. The molecule has 0 aromatic rings. The molecule has 1 fully saturated rings. The second-order valence-corrected chi connectivity index (χ2v) is 4.98. The van der Waals surface area contributed by atoms with Crippen molar-refractivity contribution in [2.75, 3.05) is 20.3 Å². The summed E-state index contributed by atoms with van der Waals surface area (Å²) < 4.78 is 4.90. The van der Waals surface area contributed by atoms with Crippen molar-refractivity contribution in [3.05, 3.63) is 0 Å². The number of nitrogens with two attached hydrogens (primary N) is 1. The zero-order chi connectivity index (χ0) is 12.0. The molecule has 1 aliphatic rings. The first-order valence-corrected chi connectivity index (χ1v) is 6.12. The number of hydrogen-bond donors (Lipinski definition) is 2. The van der Waals surface area contributed by atoms with Crippen LogP contribution in [0.4, 0.5) is 0 Å². The third-order valence-electron chi connectivity index (χ3n) is 3.42. The average molecular weight is 228 g/mol. The van der Waals surface area contributed by atoms with E-state index in [0.717, 1.165) is 19.3 Å². The second-order valence-electron chi connectivity index (χ2n) is 4.98. The third-order valence-corrected chi connectivity index (χ3v) is 3.42. The minimum absolute atomic E-state index is 0.0569. The van der Waals surface area contributed by atoms with E-state index in [2.05, 4.69) is 12.2 Å². The van der Waals surface area contributed by atoms with Gasteiger partial charge >= 0.3 is 0 Å². The van der Waals surface area contributed by atoms with Gasteiger partial charge in [-0.05, 0) is 18.8 Å². The van der Waals surface area contributed by atoms with Gasteiger partial charge in [-0.15, -0.1) is 0 Å². The number of hydrogen-bond acceptors (Lipinski definition) is 3. The van der Waals surface area contributed by atoms with Gasteiger partial charge in [0.25, 0.3) is 0 Å². The van der Waals surface area contributed by atoms with Crippen LogP contribution in [0.3, 0.4) is 0 Å². The summed E-state index contributed by atoms with van der Waals surface area (Å²) in [7, 11) is 1.61. The lowest BCUT2D eigenvalue weighted by Crippen LogP contribution is -2.56. The molecule has 3 N–H and O–H groups in total. The summed E-state index contributed by atoms with van der Waals surface area (Å²) in [5, 5.41) is 3.10. The normalized spacial score (nSPS) is 30.1. The van der Waals surface area contributed by atoms with E-state index < -0.39 is 0 Å². The molecule has 2 atom stereocenters. The summed E-state index contributed by atoms with van der Waals surface area (Å²) >= 11 is 0. The van der Waals surface area contributed by atoms with Crippen LogP contribution in [-0.4, -0.2) is 31.7 Å². The van der Waals surface area contributed by atoms with E-state index in [1.165, 1.54) is 6.42 Å². The Labute approximate surface area is 97.9 Å². The lowest BCUT2D eigenvalue weighted by Gasteiger charge is -2.40. The Bertz CT molecular complexity index is 233. The largest absolute Gasteiger partial charge is 0.384 e. The fourth-order valence-corrected chi connectivity index (χ4v) is 2.56. The highest BCUT2D eigenvalue weighted by Gasteiger charge is 2.34. The summed E-state index contributed by atoms with van der Waals surface area (Å²) in [6.45, 7) is 3.24. The van der Waals surface area contributed by atoms with Crippen molar-refractivity contribution in [3.63, 3.8) is 0 Å². The molecule has 1 amide bonds. The maximum Gasteiger partial charge on any atom is 0.222 e. The maximum absolute atomic E-state index is 11.7.